The molecule has 4 nitrogen and oxygen atoms in total. The van der Waals surface area contributed by atoms with Gasteiger partial charge in [-0.1, -0.05) is 29.0 Å². The molecule has 0 unspecified atom stereocenters. The van der Waals surface area contributed by atoms with Gasteiger partial charge in [-0.2, -0.15) is 0 Å². The first kappa shape index (κ1) is 10.2. The average Bonchev–Trinajstić information content (AvgIpc) is 2.59. The molecule has 0 atom stereocenters. The first-order valence-electron chi connectivity index (χ1n) is 4.13. The van der Waals surface area contributed by atoms with Gasteiger partial charge >= 0.3 is 0 Å². The van der Waals surface area contributed by atoms with E-state index in [0.717, 1.165) is 10.2 Å². The monoisotopic (exact) mass is 242 g/mol. The quantitative estimate of drug-likeness (QED) is 0.893. The minimum atomic E-state index is -0.527. The van der Waals surface area contributed by atoms with Crippen molar-refractivity contribution in [1.82, 2.24) is 4.98 Å². The van der Waals surface area contributed by atoms with E-state index in [0.29, 0.717) is 10.2 Å². The van der Waals surface area contributed by atoms with E-state index in [4.69, 9.17) is 22.1 Å². The number of amides is 1. The molecule has 0 aliphatic heterocycles. The van der Waals surface area contributed by atoms with Gasteiger partial charge < -0.3 is 10.5 Å². The fourth-order valence-corrected chi connectivity index (χ4v) is 2.20. The Kier molecular flexibility index (Phi) is 2.75. The number of thiazole rings is 1. The lowest BCUT2D eigenvalue weighted by molar-refractivity contribution is -0.119. The maximum absolute atomic E-state index is 10.5. The molecule has 1 amide bonds. The van der Waals surface area contributed by atoms with Crippen LogP contribution >= 0.6 is 22.9 Å². The van der Waals surface area contributed by atoms with Gasteiger partial charge in [0.1, 0.15) is 0 Å². The highest BCUT2D eigenvalue weighted by atomic mass is 35.5. The number of carbonyl (C=O) groups excluding carboxylic acids is 1. The summed E-state index contributed by atoms with van der Waals surface area (Å²) in [6.07, 6.45) is 0. The highest BCUT2D eigenvalue weighted by Crippen LogP contribution is 2.32. The number of halogens is 1. The number of primary amides is 1. The standard InChI is InChI=1S/C9H7ClN2O2S/c10-5-2-1-3-6-8(5)15-9(12-6)14-4-7(11)13/h1-3H,4H2,(H2,11,13). The third-order valence-electron chi connectivity index (χ3n) is 1.69. The summed E-state index contributed by atoms with van der Waals surface area (Å²) in [5.74, 6) is -0.527. The minimum Gasteiger partial charge on any atom is -0.460 e. The second kappa shape index (κ2) is 4.04. The van der Waals surface area contributed by atoms with Crippen LogP contribution in [-0.4, -0.2) is 17.5 Å². The topological polar surface area (TPSA) is 65.2 Å². The van der Waals surface area contributed by atoms with Crippen molar-refractivity contribution in [2.75, 3.05) is 6.61 Å². The molecule has 2 N–H and O–H groups in total. The molecule has 78 valence electrons. The SMILES string of the molecule is NC(=O)COc1nc2cccc(Cl)c2s1. The van der Waals surface area contributed by atoms with Crippen molar-refractivity contribution in [2.45, 2.75) is 0 Å². The van der Waals surface area contributed by atoms with Gasteiger partial charge in [-0.05, 0) is 12.1 Å². The number of fused-ring (bicyclic) bond motifs is 1. The summed E-state index contributed by atoms with van der Waals surface area (Å²) in [6, 6.07) is 5.41. The zero-order valence-electron chi connectivity index (χ0n) is 7.57. The van der Waals surface area contributed by atoms with E-state index in [1.54, 1.807) is 6.07 Å². The zero-order valence-corrected chi connectivity index (χ0v) is 9.14. The Morgan fingerprint density at radius 2 is 2.40 bits per heavy atom. The summed E-state index contributed by atoms with van der Waals surface area (Å²) in [7, 11) is 0. The maximum Gasteiger partial charge on any atom is 0.274 e. The van der Waals surface area contributed by atoms with E-state index < -0.39 is 5.91 Å². The highest BCUT2D eigenvalue weighted by molar-refractivity contribution is 7.20. The van der Waals surface area contributed by atoms with Crippen molar-refractivity contribution in [1.29, 1.82) is 0 Å². The van der Waals surface area contributed by atoms with E-state index >= 15 is 0 Å². The Morgan fingerprint density at radius 3 is 3.07 bits per heavy atom. The predicted molar refractivity (Wildman–Crippen MR) is 59.3 cm³/mol. The number of ether oxygens (including phenoxy) is 1. The summed E-state index contributed by atoms with van der Waals surface area (Å²) in [5.41, 5.74) is 5.71. The van der Waals surface area contributed by atoms with E-state index in [9.17, 15) is 4.79 Å². The maximum atomic E-state index is 10.5. The molecule has 0 radical (unpaired) electrons. The van der Waals surface area contributed by atoms with Gasteiger partial charge in [0.15, 0.2) is 6.61 Å². The van der Waals surface area contributed by atoms with E-state index in [2.05, 4.69) is 4.98 Å². The number of benzene rings is 1. The third kappa shape index (κ3) is 2.19. The molecule has 1 aromatic carbocycles. The lowest BCUT2D eigenvalue weighted by Gasteiger charge is -1.95. The highest BCUT2D eigenvalue weighted by Gasteiger charge is 2.08. The summed E-state index contributed by atoms with van der Waals surface area (Å²) >= 11 is 7.25. The molecule has 0 aliphatic carbocycles. The van der Waals surface area contributed by atoms with Crippen molar-refractivity contribution >= 4 is 39.1 Å². The van der Waals surface area contributed by atoms with Crippen LogP contribution in [0.25, 0.3) is 10.2 Å². The molecule has 0 saturated carbocycles. The molecule has 2 aromatic rings. The van der Waals surface area contributed by atoms with Crippen LogP contribution in [0.3, 0.4) is 0 Å². The Bertz CT molecular complexity index is 512. The second-order valence-corrected chi connectivity index (χ2v) is 4.19. The Morgan fingerprint density at radius 1 is 1.60 bits per heavy atom. The van der Waals surface area contributed by atoms with E-state index in [1.165, 1.54) is 11.3 Å². The van der Waals surface area contributed by atoms with Crippen LogP contribution in [0, 0.1) is 0 Å². The summed E-state index contributed by atoms with van der Waals surface area (Å²) in [5, 5.41) is 1.02. The van der Waals surface area contributed by atoms with Crippen molar-refractivity contribution < 1.29 is 9.53 Å². The molecule has 1 heterocycles. The largest absolute Gasteiger partial charge is 0.460 e. The van der Waals surface area contributed by atoms with Crippen LogP contribution in [-0.2, 0) is 4.79 Å². The van der Waals surface area contributed by atoms with Gasteiger partial charge in [-0.15, -0.1) is 0 Å². The first-order chi connectivity index (χ1) is 7.16. The van der Waals surface area contributed by atoms with Crippen LogP contribution < -0.4 is 10.5 Å². The van der Waals surface area contributed by atoms with E-state index in [1.807, 2.05) is 12.1 Å². The molecule has 6 heteroatoms. The molecule has 0 bridgehead atoms. The number of nitrogens with zero attached hydrogens (tertiary/aromatic N) is 1. The van der Waals surface area contributed by atoms with Crippen molar-refractivity contribution in [3.8, 4) is 5.19 Å². The van der Waals surface area contributed by atoms with Crippen LogP contribution in [0.1, 0.15) is 0 Å². The molecule has 15 heavy (non-hydrogen) atoms. The minimum absolute atomic E-state index is 0.169. The summed E-state index contributed by atoms with van der Waals surface area (Å²) in [6.45, 7) is -0.169. The van der Waals surface area contributed by atoms with Gasteiger partial charge in [0.2, 0.25) is 0 Å². The Balaban J connectivity index is 2.31. The zero-order chi connectivity index (χ0) is 10.8. The lowest BCUT2D eigenvalue weighted by Crippen LogP contribution is -2.19. The third-order valence-corrected chi connectivity index (χ3v) is 3.13. The van der Waals surface area contributed by atoms with E-state index in [-0.39, 0.29) is 6.61 Å². The van der Waals surface area contributed by atoms with Crippen LogP contribution in [0.4, 0.5) is 0 Å². The number of rotatable bonds is 3. The van der Waals surface area contributed by atoms with Crippen molar-refractivity contribution in [3.63, 3.8) is 0 Å². The number of hydrogen-bond donors (Lipinski definition) is 1. The second-order valence-electron chi connectivity index (χ2n) is 2.82. The van der Waals surface area contributed by atoms with Gasteiger partial charge in [0.05, 0.1) is 15.2 Å². The number of nitrogens with two attached hydrogens (primary N) is 1. The van der Waals surface area contributed by atoms with Crippen molar-refractivity contribution in [3.05, 3.63) is 23.2 Å². The van der Waals surface area contributed by atoms with Gasteiger partial charge in [0, 0.05) is 0 Å². The predicted octanol–water partition coefficient (Wildman–Crippen LogP) is 1.81. The lowest BCUT2D eigenvalue weighted by atomic mass is 10.3. The number of aromatic nitrogens is 1. The van der Waals surface area contributed by atoms with Gasteiger partial charge in [-0.3, -0.25) is 4.79 Å². The molecular weight excluding hydrogens is 236 g/mol. The molecule has 0 aliphatic rings. The van der Waals surface area contributed by atoms with Crippen LogP contribution in [0.2, 0.25) is 5.02 Å². The fraction of sp³-hybridized carbons (Fsp3) is 0.111. The Labute approximate surface area is 94.6 Å². The molecule has 0 saturated heterocycles. The molecule has 2 rings (SSSR count). The number of carbonyl (C=O) groups is 1. The average molecular weight is 243 g/mol. The number of hydrogen-bond acceptors (Lipinski definition) is 4. The summed E-state index contributed by atoms with van der Waals surface area (Å²) < 4.78 is 5.93. The molecule has 0 fully saturated rings. The molecular formula is C9H7ClN2O2S. The summed E-state index contributed by atoms with van der Waals surface area (Å²) in [4.78, 5) is 14.7. The Hall–Kier alpha value is -1.33. The normalized spacial score (nSPS) is 10.5. The molecule has 1 aromatic heterocycles. The van der Waals surface area contributed by atoms with Crippen molar-refractivity contribution in [2.24, 2.45) is 5.73 Å². The first-order valence-corrected chi connectivity index (χ1v) is 5.32. The fourth-order valence-electron chi connectivity index (χ4n) is 1.09. The van der Waals surface area contributed by atoms with Gasteiger partial charge in [0.25, 0.3) is 11.1 Å². The van der Waals surface area contributed by atoms with Gasteiger partial charge in [-0.25, -0.2) is 4.98 Å². The molecule has 0 spiro atoms. The smallest absolute Gasteiger partial charge is 0.274 e. The van der Waals surface area contributed by atoms with Crippen LogP contribution in [0.5, 0.6) is 5.19 Å². The van der Waals surface area contributed by atoms with Crippen LogP contribution in [0.15, 0.2) is 18.2 Å².